The lowest BCUT2D eigenvalue weighted by Gasteiger charge is -2.13. The van der Waals surface area contributed by atoms with Gasteiger partial charge in [-0.15, -0.1) is 0 Å². The molecule has 1 aliphatic carbocycles. The zero-order chi connectivity index (χ0) is 10.2. The number of hydrogen-bond acceptors (Lipinski definition) is 3. The Labute approximate surface area is 86.4 Å². The summed E-state index contributed by atoms with van der Waals surface area (Å²) in [6, 6.07) is 0.711. The molecule has 0 spiro atoms. The second-order valence-electron chi connectivity index (χ2n) is 5.35. The molecule has 3 heteroatoms. The summed E-state index contributed by atoms with van der Waals surface area (Å²) >= 11 is 0. The lowest BCUT2D eigenvalue weighted by Crippen LogP contribution is -2.31. The molecule has 0 amide bonds. The van der Waals surface area contributed by atoms with Crippen LogP contribution in [0.5, 0.6) is 0 Å². The average molecular weight is 198 g/mol. The molecular weight excluding hydrogens is 176 g/mol. The number of rotatable bonds is 4. The number of ether oxygens (including phenoxy) is 1. The van der Waals surface area contributed by atoms with Gasteiger partial charge in [-0.3, -0.25) is 0 Å². The lowest BCUT2D eigenvalue weighted by molar-refractivity contribution is 0.0499. The van der Waals surface area contributed by atoms with Crippen LogP contribution in [0.3, 0.4) is 0 Å². The van der Waals surface area contributed by atoms with E-state index < -0.39 is 0 Å². The van der Waals surface area contributed by atoms with Gasteiger partial charge in [0.05, 0.1) is 12.2 Å². The van der Waals surface area contributed by atoms with Gasteiger partial charge in [0.15, 0.2) is 0 Å². The molecule has 1 saturated carbocycles. The van der Waals surface area contributed by atoms with E-state index in [0.29, 0.717) is 30.2 Å². The van der Waals surface area contributed by atoms with E-state index in [-0.39, 0.29) is 0 Å². The lowest BCUT2D eigenvalue weighted by atomic mass is 10.1. The van der Waals surface area contributed by atoms with Gasteiger partial charge in [-0.2, -0.15) is 0 Å². The Bertz CT molecular complexity index is 205. The molecule has 2 rings (SSSR count). The topological polar surface area (TPSA) is 47.3 Å². The van der Waals surface area contributed by atoms with Crippen LogP contribution in [-0.4, -0.2) is 31.3 Å². The fourth-order valence-electron chi connectivity index (χ4n) is 2.19. The van der Waals surface area contributed by atoms with Crippen molar-refractivity contribution in [1.82, 2.24) is 5.32 Å². The van der Waals surface area contributed by atoms with Crippen molar-refractivity contribution < 1.29 is 4.74 Å². The highest BCUT2D eigenvalue weighted by Crippen LogP contribution is 2.44. The van der Waals surface area contributed by atoms with E-state index in [1.54, 1.807) is 0 Å². The molecule has 3 N–H and O–H groups in total. The summed E-state index contributed by atoms with van der Waals surface area (Å²) in [6.45, 7) is 6.29. The molecule has 0 aromatic heterocycles. The van der Waals surface area contributed by atoms with Crippen LogP contribution in [0.15, 0.2) is 0 Å². The Morgan fingerprint density at radius 3 is 2.50 bits per heavy atom. The van der Waals surface area contributed by atoms with Gasteiger partial charge in [0.1, 0.15) is 0 Å². The second-order valence-corrected chi connectivity index (χ2v) is 5.35. The minimum Gasteiger partial charge on any atom is -0.372 e. The smallest absolute Gasteiger partial charge is 0.0704 e. The second kappa shape index (κ2) is 3.80. The molecule has 0 bridgehead atoms. The molecule has 0 radical (unpaired) electrons. The highest BCUT2D eigenvalue weighted by molar-refractivity contribution is 5.01. The fraction of sp³-hybridized carbons (Fsp3) is 1.00. The van der Waals surface area contributed by atoms with Crippen molar-refractivity contribution in [2.75, 3.05) is 13.1 Å². The maximum Gasteiger partial charge on any atom is 0.0704 e. The van der Waals surface area contributed by atoms with Crippen molar-refractivity contribution in [1.29, 1.82) is 0 Å². The van der Waals surface area contributed by atoms with Gasteiger partial charge in [-0.25, -0.2) is 0 Å². The summed E-state index contributed by atoms with van der Waals surface area (Å²) in [7, 11) is 0. The standard InChI is InChI=1S/C11H22N2O/c1-11(2)5-10(11)13-7-9-4-3-8(6-12)14-9/h8-10,13H,3-7,12H2,1-2H3. The molecule has 1 heterocycles. The Morgan fingerprint density at radius 1 is 1.36 bits per heavy atom. The van der Waals surface area contributed by atoms with Crippen molar-refractivity contribution in [2.45, 2.75) is 51.4 Å². The molecule has 82 valence electrons. The third-order valence-corrected chi connectivity index (χ3v) is 3.56. The molecule has 0 aromatic rings. The van der Waals surface area contributed by atoms with Crippen molar-refractivity contribution in [3.8, 4) is 0 Å². The minimum absolute atomic E-state index is 0.314. The van der Waals surface area contributed by atoms with Gasteiger partial charge in [-0.1, -0.05) is 13.8 Å². The molecule has 3 unspecified atom stereocenters. The summed E-state index contributed by atoms with van der Waals surface area (Å²) in [5.74, 6) is 0. The first-order valence-corrected chi connectivity index (χ1v) is 5.71. The van der Waals surface area contributed by atoms with E-state index in [2.05, 4.69) is 19.2 Å². The third kappa shape index (κ3) is 2.27. The van der Waals surface area contributed by atoms with Crippen LogP contribution in [0.25, 0.3) is 0 Å². The molecule has 1 aliphatic heterocycles. The molecule has 2 aliphatic rings. The first-order valence-electron chi connectivity index (χ1n) is 5.71. The van der Waals surface area contributed by atoms with E-state index in [1.165, 1.54) is 12.8 Å². The van der Waals surface area contributed by atoms with Crippen molar-refractivity contribution in [3.05, 3.63) is 0 Å². The fourth-order valence-corrected chi connectivity index (χ4v) is 2.19. The van der Waals surface area contributed by atoms with E-state index in [9.17, 15) is 0 Å². The molecule has 14 heavy (non-hydrogen) atoms. The van der Waals surface area contributed by atoms with Crippen molar-refractivity contribution >= 4 is 0 Å². The maximum atomic E-state index is 5.77. The Morgan fingerprint density at radius 2 is 2.00 bits per heavy atom. The highest BCUT2D eigenvalue weighted by atomic mass is 16.5. The van der Waals surface area contributed by atoms with Gasteiger partial charge in [-0.05, 0) is 24.7 Å². The Kier molecular flexibility index (Phi) is 2.82. The van der Waals surface area contributed by atoms with Gasteiger partial charge >= 0.3 is 0 Å². The van der Waals surface area contributed by atoms with Crippen LogP contribution in [-0.2, 0) is 4.74 Å². The monoisotopic (exact) mass is 198 g/mol. The van der Waals surface area contributed by atoms with Crippen LogP contribution in [0.4, 0.5) is 0 Å². The summed E-state index contributed by atoms with van der Waals surface area (Å²) in [5, 5.41) is 3.57. The minimum atomic E-state index is 0.314. The molecule has 3 nitrogen and oxygen atoms in total. The summed E-state index contributed by atoms with van der Waals surface area (Å²) in [5.41, 5.74) is 6.08. The predicted molar refractivity (Wildman–Crippen MR) is 57.1 cm³/mol. The maximum absolute atomic E-state index is 5.77. The largest absolute Gasteiger partial charge is 0.372 e. The predicted octanol–water partition coefficient (Wildman–Crippen LogP) is 0.881. The quantitative estimate of drug-likeness (QED) is 0.705. The Hall–Kier alpha value is -0.120. The zero-order valence-electron chi connectivity index (χ0n) is 9.25. The summed E-state index contributed by atoms with van der Waals surface area (Å²) in [4.78, 5) is 0. The normalized spacial score (nSPS) is 40.1. The van der Waals surface area contributed by atoms with Crippen LogP contribution in [0, 0.1) is 5.41 Å². The van der Waals surface area contributed by atoms with E-state index in [4.69, 9.17) is 10.5 Å². The summed E-state index contributed by atoms with van der Waals surface area (Å²) < 4.78 is 5.77. The van der Waals surface area contributed by atoms with Gasteiger partial charge in [0.25, 0.3) is 0 Å². The molecule has 3 atom stereocenters. The van der Waals surface area contributed by atoms with Crippen molar-refractivity contribution in [3.63, 3.8) is 0 Å². The van der Waals surface area contributed by atoms with Crippen LogP contribution >= 0.6 is 0 Å². The summed E-state index contributed by atoms with van der Waals surface area (Å²) in [6.07, 6.45) is 4.33. The number of nitrogens with one attached hydrogen (secondary N) is 1. The highest BCUT2D eigenvalue weighted by Gasteiger charge is 2.45. The van der Waals surface area contributed by atoms with Gasteiger partial charge in [0.2, 0.25) is 0 Å². The molecule has 0 aromatic carbocycles. The SMILES string of the molecule is CC1(C)CC1NCC1CCC(CN)O1. The number of nitrogens with two attached hydrogens (primary N) is 1. The molecular formula is C11H22N2O. The molecule has 2 fully saturated rings. The van der Waals surface area contributed by atoms with Crippen LogP contribution in [0.2, 0.25) is 0 Å². The molecule has 1 saturated heterocycles. The first-order chi connectivity index (χ1) is 6.62. The first kappa shape index (κ1) is 10.4. The van der Waals surface area contributed by atoms with E-state index >= 15 is 0 Å². The van der Waals surface area contributed by atoms with Crippen LogP contribution in [0.1, 0.15) is 33.1 Å². The Balaban J connectivity index is 1.63. The zero-order valence-corrected chi connectivity index (χ0v) is 9.25. The third-order valence-electron chi connectivity index (χ3n) is 3.56. The van der Waals surface area contributed by atoms with Crippen LogP contribution < -0.4 is 11.1 Å². The average Bonchev–Trinajstić information content (AvgIpc) is 2.62. The van der Waals surface area contributed by atoms with Gasteiger partial charge < -0.3 is 15.8 Å². The van der Waals surface area contributed by atoms with Crippen molar-refractivity contribution in [2.24, 2.45) is 11.1 Å². The van der Waals surface area contributed by atoms with E-state index in [0.717, 1.165) is 13.0 Å². The van der Waals surface area contributed by atoms with E-state index in [1.807, 2.05) is 0 Å². The number of hydrogen-bond donors (Lipinski definition) is 2. The van der Waals surface area contributed by atoms with Gasteiger partial charge in [0, 0.05) is 19.1 Å².